The highest BCUT2D eigenvalue weighted by atomic mass is 32.2. The van der Waals surface area contributed by atoms with Gasteiger partial charge in [-0.1, -0.05) is 96.7 Å². The lowest BCUT2D eigenvalue weighted by atomic mass is 9.67. The van der Waals surface area contributed by atoms with Crippen LogP contribution in [-0.4, -0.2) is 4.92 Å². The summed E-state index contributed by atoms with van der Waals surface area (Å²) in [5.41, 5.74) is 8.57. The van der Waals surface area contributed by atoms with Gasteiger partial charge < -0.3 is 0 Å². The van der Waals surface area contributed by atoms with E-state index in [1.54, 1.807) is 23.9 Å². The highest BCUT2D eigenvalue weighted by Gasteiger charge is 2.50. The van der Waals surface area contributed by atoms with Gasteiger partial charge in [-0.05, 0) is 63.2 Å². The molecule has 0 saturated carbocycles. The summed E-state index contributed by atoms with van der Waals surface area (Å²) in [5.74, 6) is 0. The standard InChI is InChI=1S/C31H19NO2S/c33-32(34)28-15-7-3-9-21(28)20-17-18-30-27(19-20)31(26-14-6-8-16-29(26)35-30)24-12-4-1-10-22(24)23-11-2-5-13-25(23)31/h1-19H. The van der Waals surface area contributed by atoms with Gasteiger partial charge in [-0.2, -0.15) is 0 Å². The quantitative estimate of drug-likeness (QED) is 0.190. The molecule has 7 rings (SSSR count). The van der Waals surface area contributed by atoms with E-state index in [4.69, 9.17) is 0 Å². The van der Waals surface area contributed by atoms with E-state index in [0.717, 1.165) is 5.56 Å². The first-order valence-corrected chi connectivity index (χ1v) is 12.4. The maximum Gasteiger partial charge on any atom is 0.277 e. The number of nitrogens with zero attached hydrogens (tertiary/aromatic N) is 1. The second-order valence-corrected chi connectivity index (χ2v) is 10.0. The Morgan fingerprint density at radius 2 is 1.11 bits per heavy atom. The van der Waals surface area contributed by atoms with E-state index in [9.17, 15) is 10.1 Å². The van der Waals surface area contributed by atoms with Crippen LogP contribution < -0.4 is 0 Å². The lowest BCUT2D eigenvalue weighted by molar-refractivity contribution is -0.384. The summed E-state index contributed by atoms with van der Waals surface area (Å²) in [6.07, 6.45) is 0. The van der Waals surface area contributed by atoms with E-state index in [1.165, 1.54) is 43.2 Å². The van der Waals surface area contributed by atoms with Crippen LogP contribution in [0.2, 0.25) is 0 Å². The van der Waals surface area contributed by atoms with Crippen LogP contribution in [0.25, 0.3) is 22.3 Å². The van der Waals surface area contributed by atoms with Gasteiger partial charge in [0.05, 0.1) is 15.9 Å². The van der Waals surface area contributed by atoms with Crippen molar-refractivity contribution in [3.8, 4) is 22.3 Å². The molecule has 1 heterocycles. The van der Waals surface area contributed by atoms with Gasteiger partial charge in [-0.25, -0.2) is 0 Å². The average Bonchev–Trinajstić information content (AvgIpc) is 3.20. The van der Waals surface area contributed by atoms with Crippen molar-refractivity contribution in [2.45, 2.75) is 15.2 Å². The Balaban J connectivity index is 1.61. The van der Waals surface area contributed by atoms with Crippen molar-refractivity contribution in [2.75, 3.05) is 0 Å². The van der Waals surface area contributed by atoms with Gasteiger partial charge in [0.1, 0.15) is 0 Å². The molecule has 5 aromatic rings. The molecule has 1 aliphatic carbocycles. The van der Waals surface area contributed by atoms with E-state index in [-0.39, 0.29) is 10.6 Å². The number of rotatable bonds is 2. The van der Waals surface area contributed by atoms with E-state index >= 15 is 0 Å². The first-order chi connectivity index (χ1) is 17.2. The molecule has 4 heteroatoms. The maximum absolute atomic E-state index is 11.8. The number of nitro benzene ring substituents is 1. The topological polar surface area (TPSA) is 43.1 Å². The second kappa shape index (κ2) is 7.42. The smallest absolute Gasteiger partial charge is 0.258 e. The van der Waals surface area contributed by atoms with Crippen LogP contribution in [0, 0.1) is 10.1 Å². The third kappa shape index (κ3) is 2.69. The summed E-state index contributed by atoms with van der Waals surface area (Å²) in [6.45, 7) is 0. The number of para-hydroxylation sites is 1. The molecule has 0 unspecified atom stereocenters. The summed E-state index contributed by atoms with van der Waals surface area (Å²) >= 11 is 1.77. The molecule has 166 valence electrons. The summed E-state index contributed by atoms with van der Waals surface area (Å²) in [7, 11) is 0. The fourth-order valence-electron chi connectivity index (χ4n) is 5.90. The Bertz CT molecular complexity index is 1630. The van der Waals surface area contributed by atoms with Crippen LogP contribution >= 0.6 is 11.8 Å². The molecule has 0 radical (unpaired) electrons. The molecule has 35 heavy (non-hydrogen) atoms. The summed E-state index contributed by atoms with van der Waals surface area (Å²) in [5, 5.41) is 11.8. The molecule has 1 spiro atoms. The molecule has 0 bridgehead atoms. The summed E-state index contributed by atoms with van der Waals surface area (Å²) in [6, 6.07) is 39.3. The van der Waals surface area contributed by atoms with Crippen molar-refractivity contribution in [3.05, 3.63) is 148 Å². The average molecular weight is 470 g/mol. The normalized spacial score (nSPS) is 14.1. The van der Waals surface area contributed by atoms with Crippen molar-refractivity contribution in [1.82, 2.24) is 0 Å². The van der Waals surface area contributed by atoms with Crippen LogP contribution in [0.5, 0.6) is 0 Å². The minimum Gasteiger partial charge on any atom is -0.258 e. The minimum atomic E-state index is -0.482. The van der Waals surface area contributed by atoms with Gasteiger partial charge in [0.15, 0.2) is 0 Å². The molecular formula is C31H19NO2S. The predicted molar refractivity (Wildman–Crippen MR) is 140 cm³/mol. The molecular weight excluding hydrogens is 450 g/mol. The number of nitro groups is 1. The van der Waals surface area contributed by atoms with Crippen LogP contribution in [0.15, 0.2) is 125 Å². The third-order valence-electron chi connectivity index (χ3n) is 7.26. The number of fused-ring (bicyclic) bond motifs is 9. The van der Waals surface area contributed by atoms with Gasteiger partial charge in [-0.3, -0.25) is 10.1 Å². The van der Waals surface area contributed by atoms with Gasteiger partial charge in [0.2, 0.25) is 0 Å². The van der Waals surface area contributed by atoms with E-state index < -0.39 is 5.41 Å². The third-order valence-corrected chi connectivity index (χ3v) is 8.41. The summed E-state index contributed by atoms with van der Waals surface area (Å²) in [4.78, 5) is 13.9. The molecule has 0 aromatic heterocycles. The maximum atomic E-state index is 11.8. The Labute approximate surface area is 207 Å². The molecule has 1 aliphatic heterocycles. The Kier molecular flexibility index (Phi) is 4.29. The zero-order valence-corrected chi connectivity index (χ0v) is 19.5. The van der Waals surface area contributed by atoms with Crippen molar-refractivity contribution < 1.29 is 4.92 Å². The predicted octanol–water partition coefficient (Wildman–Crippen LogP) is 8.09. The molecule has 2 aliphatic rings. The number of benzene rings is 5. The minimum absolute atomic E-state index is 0.123. The van der Waals surface area contributed by atoms with E-state index in [2.05, 4.69) is 84.9 Å². The molecule has 0 saturated heterocycles. The van der Waals surface area contributed by atoms with Crippen LogP contribution in [0.4, 0.5) is 5.69 Å². The monoisotopic (exact) mass is 469 g/mol. The van der Waals surface area contributed by atoms with Gasteiger partial charge >= 0.3 is 0 Å². The van der Waals surface area contributed by atoms with Crippen LogP contribution in [-0.2, 0) is 5.41 Å². The van der Waals surface area contributed by atoms with Crippen molar-refractivity contribution >= 4 is 17.4 Å². The lowest BCUT2D eigenvalue weighted by Crippen LogP contribution is -2.32. The highest BCUT2D eigenvalue weighted by molar-refractivity contribution is 7.99. The molecule has 0 fully saturated rings. The van der Waals surface area contributed by atoms with E-state index in [0.29, 0.717) is 5.56 Å². The largest absolute Gasteiger partial charge is 0.277 e. The second-order valence-electron chi connectivity index (χ2n) is 8.92. The van der Waals surface area contributed by atoms with Crippen molar-refractivity contribution in [3.63, 3.8) is 0 Å². The molecule has 3 nitrogen and oxygen atoms in total. The number of hydrogen-bond acceptors (Lipinski definition) is 3. The van der Waals surface area contributed by atoms with Crippen LogP contribution in [0.1, 0.15) is 22.3 Å². The fourth-order valence-corrected chi connectivity index (χ4v) is 7.07. The molecule has 0 amide bonds. The number of hydrogen-bond donors (Lipinski definition) is 0. The van der Waals surface area contributed by atoms with Gasteiger partial charge in [0, 0.05) is 15.9 Å². The van der Waals surface area contributed by atoms with Crippen molar-refractivity contribution in [2.24, 2.45) is 0 Å². The Morgan fingerprint density at radius 3 is 1.80 bits per heavy atom. The van der Waals surface area contributed by atoms with Crippen molar-refractivity contribution in [1.29, 1.82) is 0 Å². The first-order valence-electron chi connectivity index (χ1n) is 11.5. The Morgan fingerprint density at radius 1 is 0.571 bits per heavy atom. The Hall–Kier alpha value is -4.15. The highest BCUT2D eigenvalue weighted by Crippen LogP contribution is 2.62. The molecule has 0 atom stereocenters. The zero-order valence-electron chi connectivity index (χ0n) is 18.6. The first kappa shape index (κ1) is 20.2. The zero-order chi connectivity index (χ0) is 23.6. The SMILES string of the molecule is O=[N+]([O-])c1ccccc1-c1ccc2c(c1)C1(c3ccccc3S2)c2ccccc2-c2ccccc21. The van der Waals surface area contributed by atoms with Gasteiger partial charge in [-0.15, -0.1) is 0 Å². The lowest BCUT2D eigenvalue weighted by Gasteiger charge is -2.40. The fraction of sp³-hybridized carbons (Fsp3) is 0.0323. The van der Waals surface area contributed by atoms with E-state index in [1.807, 2.05) is 18.2 Å². The van der Waals surface area contributed by atoms with Crippen LogP contribution in [0.3, 0.4) is 0 Å². The summed E-state index contributed by atoms with van der Waals surface area (Å²) < 4.78 is 0. The molecule has 0 N–H and O–H groups in total. The molecule has 5 aromatic carbocycles. The van der Waals surface area contributed by atoms with Gasteiger partial charge in [0.25, 0.3) is 5.69 Å².